The van der Waals surface area contributed by atoms with Gasteiger partial charge in [-0.25, -0.2) is 4.79 Å². The minimum Gasteiger partial charge on any atom is -0.459 e. The van der Waals surface area contributed by atoms with Gasteiger partial charge >= 0.3 is 11.9 Å². The second-order valence-corrected chi connectivity index (χ2v) is 8.87. The van der Waals surface area contributed by atoms with Crippen molar-refractivity contribution in [3.8, 4) is 0 Å². The standard InChI is InChI=1S/C18H20O8/c1-5(19)12-18-6(4-7(20)23-12)16(2)10-8(14(18)26-18)25-15(22)17(10,3)11(21)9-13(16)24-9/h4-5,8-14,19,21H,1-3H3/t5-,8+,9-,10-,11-,12-,13-,14-,16-,17-,18-/m1/s1. The first-order valence-electron chi connectivity index (χ1n) is 9.02. The topological polar surface area (TPSA) is 118 Å². The fourth-order valence-electron chi connectivity index (χ4n) is 6.57. The highest BCUT2D eigenvalue weighted by Gasteiger charge is 2.89. The van der Waals surface area contributed by atoms with Gasteiger partial charge in [0.05, 0.1) is 18.3 Å². The number of cyclic esters (lactones) is 1. The Labute approximate surface area is 149 Å². The Morgan fingerprint density at radius 2 is 1.85 bits per heavy atom. The van der Waals surface area contributed by atoms with Crippen molar-refractivity contribution in [2.45, 2.75) is 69.1 Å². The van der Waals surface area contributed by atoms with Crippen LogP contribution < -0.4 is 0 Å². The zero-order chi connectivity index (χ0) is 18.4. The number of epoxide rings is 2. The molecule has 26 heavy (non-hydrogen) atoms. The van der Waals surface area contributed by atoms with Crippen LogP contribution in [0.25, 0.3) is 0 Å². The molecule has 11 atom stereocenters. The largest absolute Gasteiger partial charge is 0.459 e. The van der Waals surface area contributed by atoms with Crippen LogP contribution in [-0.2, 0) is 28.5 Å². The highest BCUT2D eigenvalue weighted by molar-refractivity contribution is 5.88. The summed E-state index contributed by atoms with van der Waals surface area (Å²) in [6, 6.07) is 0. The molecule has 0 bridgehead atoms. The van der Waals surface area contributed by atoms with E-state index in [9.17, 15) is 19.8 Å². The van der Waals surface area contributed by atoms with Crippen LogP contribution in [-0.4, -0.2) is 70.5 Å². The molecule has 4 aliphatic heterocycles. The molecule has 0 amide bonds. The maximum atomic E-state index is 12.8. The molecule has 0 radical (unpaired) electrons. The van der Waals surface area contributed by atoms with Crippen LogP contribution in [0.15, 0.2) is 11.6 Å². The number of rotatable bonds is 1. The molecule has 6 rings (SSSR count). The summed E-state index contributed by atoms with van der Waals surface area (Å²) in [5.74, 6) is -1.39. The lowest BCUT2D eigenvalue weighted by Crippen LogP contribution is -2.66. The third-order valence-electron chi connectivity index (χ3n) is 7.70. The first kappa shape index (κ1) is 15.6. The number of hydrogen-bond acceptors (Lipinski definition) is 8. The van der Waals surface area contributed by atoms with E-state index >= 15 is 0 Å². The second kappa shape index (κ2) is 4.01. The molecule has 0 aromatic heterocycles. The average Bonchev–Trinajstić information content (AvgIpc) is 3.46. The number of aliphatic hydroxyl groups excluding tert-OH is 2. The van der Waals surface area contributed by atoms with Crippen molar-refractivity contribution in [2.24, 2.45) is 16.7 Å². The quantitative estimate of drug-likeness (QED) is 0.452. The number of carbonyl (C=O) groups excluding carboxylic acids is 2. The Hall–Kier alpha value is -1.48. The number of ether oxygens (including phenoxy) is 4. The van der Waals surface area contributed by atoms with Crippen molar-refractivity contribution < 1.29 is 38.7 Å². The Morgan fingerprint density at radius 1 is 1.12 bits per heavy atom. The Bertz CT molecular complexity index is 805. The number of fused-ring (bicyclic) bond motifs is 4. The minimum atomic E-state index is -1.13. The monoisotopic (exact) mass is 364 g/mol. The van der Waals surface area contributed by atoms with E-state index in [0.29, 0.717) is 5.57 Å². The molecule has 3 saturated heterocycles. The molecule has 2 N–H and O–H groups in total. The van der Waals surface area contributed by atoms with E-state index in [1.165, 1.54) is 6.08 Å². The molecular formula is C18H20O8. The van der Waals surface area contributed by atoms with Crippen molar-refractivity contribution in [3.05, 3.63) is 11.6 Å². The predicted octanol–water partition coefficient (Wildman–Crippen LogP) is -0.934. The van der Waals surface area contributed by atoms with Gasteiger partial charge in [-0.15, -0.1) is 0 Å². The second-order valence-electron chi connectivity index (χ2n) is 8.87. The van der Waals surface area contributed by atoms with Crippen LogP contribution in [0.5, 0.6) is 0 Å². The lowest BCUT2D eigenvalue weighted by atomic mass is 9.46. The summed E-state index contributed by atoms with van der Waals surface area (Å²) in [4.78, 5) is 25.0. The highest BCUT2D eigenvalue weighted by atomic mass is 16.7. The third kappa shape index (κ3) is 1.30. The van der Waals surface area contributed by atoms with Crippen LogP contribution >= 0.6 is 0 Å². The van der Waals surface area contributed by atoms with E-state index in [1.807, 2.05) is 6.92 Å². The first-order valence-corrected chi connectivity index (χ1v) is 9.02. The van der Waals surface area contributed by atoms with Gasteiger partial charge in [0.15, 0.2) is 11.7 Å². The van der Waals surface area contributed by atoms with Crippen molar-refractivity contribution in [3.63, 3.8) is 0 Å². The summed E-state index contributed by atoms with van der Waals surface area (Å²) in [6.07, 6.45) is -3.24. The number of esters is 2. The number of aliphatic hydroxyl groups is 2. The van der Waals surface area contributed by atoms with Gasteiger partial charge in [-0.1, -0.05) is 6.92 Å². The zero-order valence-corrected chi connectivity index (χ0v) is 14.5. The smallest absolute Gasteiger partial charge is 0.331 e. The van der Waals surface area contributed by atoms with E-state index in [2.05, 4.69) is 0 Å². The molecule has 0 unspecified atom stereocenters. The van der Waals surface area contributed by atoms with Crippen LogP contribution in [0.4, 0.5) is 0 Å². The molecule has 8 nitrogen and oxygen atoms in total. The summed E-state index contributed by atoms with van der Waals surface area (Å²) < 4.78 is 23.0. The fraction of sp³-hybridized carbons (Fsp3) is 0.778. The van der Waals surface area contributed by atoms with Gasteiger partial charge in [0.1, 0.15) is 23.7 Å². The molecule has 8 heteroatoms. The van der Waals surface area contributed by atoms with Crippen molar-refractivity contribution in [1.82, 2.24) is 0 Å². The summed E-state index contributed by atoms with van der Waals surface area (Å²) in [5, 5.41) is 21.0. The van der Waals surface area contributed by atoms with Crippen LogP contribution in [0, 0.1) is 16.7 Å². The molecule has 5 fully saturated rings. The van der Waals surface area contributed by atoms with Gasteiger partial charge in [0.25, 0.3) is 0 Å². The maximum Gasteiger partial charge on any atom is 0.331 e. The van der Waals surface area contributed by atoms with E-state index < -0.39 is 65.0 Å². The van der Waals surface area contributed by atoms with Crippen LogP contribution in [0.3, 0.4) is 0 Å². The third-order valence-corrected chi connectivity index (χ3v) is 7.70. The van der Waals surface area contributed by atoms with Gasteiger partial charge in [-0.2, -0.15) is 0 Å². The summed E-state index contributed by atoms with van der Waals surface area (Å²) in [6.45, 7) is 5.21. The molecule has 140 valence electrons. The number of hydrogen-bond donors (Lipinski definition) is 2. The van der Waals surface area contributed by atoms with Gasteiger partial charge in [0, 0.05) is 17.4 Å². The Kier molecular flexibility index (Phi) is 2.40. The predicted molar refractivity (Wildman–Crippen MR) is 81.5 cm³/mol. The van der Waals surface area contributed by atoms with E-state index in [1.54, 1.807) is 13.8 Å². The molecule has 2 saturated carbocycles. The van der Waals surface area contributed by atoms with Gasteiger partial charge in [0.2, 0.25) is 0 Å². The molecule has 2 aliphatic carbocycles. The fourth-order valence-corrected chi connectivity index (χ4v) is 6.57. The molecule has 1 spiro atoms. The normalized spacial score (nSPS) is 61.9. The lowest BCUT2D eigenvalue weighted by molar-refractivity contribution is -0.158. The van der Waals surface area contributed by atoms with E-state index in [-0.39, 0.29) is 12.0 Å². The minimum absolute atomic E-state index is 0.332. The van der Waals surface area contributed by atoms with Crippen molar-refractivity contribution in [1.29, 1.82) is 0 Å². The summed E-state index contributed by atoms with van der Waals surface area (Å²) in [7, 11) is 0. The van der Waals surface area contributed by atoms with Crippen LogP contribution in [0.2, 0.25) is 0 Å². The molecule has 6 aliphatic rings. The SMILES string of the molecule is C[C@@H](O)[C@H]1OC(=O)C=C2[C@]3(C)[C@H]4[C@H](OC(=O)[C@@]4(C)[C@H](O)[C@H]4O[C@H]43)[C@H]3O[C@@]231. The number of carbonyl (C=O) groups is 2. The van der Waals surface area contributed by atoms with Gasteiger partial charge in [-0.05, 0) is 19.4 Å². The molecule has 0 aromatic rings. The zero-order valence-electron chi connectivity index (χ0n) is 14.5. The Balaban J connectivity index is 1.60. The molecule has 0 aromatic carbocycles. The highest BCUT2D eigenvalue weighted by Crippen LogP contribution is 2.75. The summed E-state index contributed by atoms with van der Waals surface area (Å²) in [5.41, 5.74) is -2.16. The average molecular weight is 364 g/mol. The van der Waals surface area contributed by atoms with E-state index in [0.717, 1.165) is 0 Å². The van der Waals surface area contributed by atoms with Crippen LogP contribution in [0.1, 0.15) is 20.8 Å². The van der Waals surface area contributed by atoms with Gasteiger partial charge in [-0.3, -0.25) is 4.79 Å². The Morgan fingerprint density at radius 3 is 2.54 bits per heavy atom. The van der Waals surface area contributed by atoms with Crippen molar-refractivity contribution >= 4 is 11.9 Å². The van der Waals surface area contributed by atoms with Gasteiger partial charge < -0.3 is 29.2 Å². The molecule has 4 heterocycles. The summed E-state index contributed by atoms with van der Waals surface area (Å²) >= 11 is 0. The van der Waals surface area contributed by atoms with Crippen molar-refractivity contribution in [2.75, 3.05) is 0 Å². The lowest BCUT2D eigenvalue weighted by Gasteiger charge is -2.53. The van der Waals surface area contributed by atoms with E-state index in [4.69, 9.17) is 18.9 Å². The maximum absolute atomic E-state index is 12.8. The molecular weight excluding hydrogens is 344 g/mol. The first-order chi connectivity index (χ1) is 12.2.